The Morgan fingerprint density at radius 2 is 1.60 bits per heavy atom. The summed E-state index contributed by atoms with van der Waals surface area (Å²) in [4.78, 5) is 11.7. The molecule has 216 valence electrons. The maximum atomic E-state index is 11.7. The summed E-state index contributed by atoms with van der Waals surface area (Å²) in [5.74, 6) is 3.28. The molecule has 0 heterocycles. The van der Waals surface area contributed by atoms with Crippen LogP contribution in [0.3, 0.4) is 0 Å². The van der Waals surface area contributed by atoms with Crippen molar-refractivity contribution in [1.82, 2.24) is 5.32 Å². The number of hydrogen-bond donors (Lipinski definition) is 2. The molecule has 0 rings (SSSR count). The van der Waals surface area contributed by atoms with Crippen LogP contribution < -0.4 is 11.1 Å². The summed E-state index contributed by atoms with van der Waals surface area (Å²) in [6, 6.07) is 0.238. The largest absolute Gasteiger partial charge is 0.502 e. The smallest absolute Gasteiger partial charge is 0.221 e. The van der Waals surface area contributed by atoms with Crippen molar-refractivity contribution in [3.8, 4) is 0 Å². The molecule has 0 fully saturated rings. The number of carbonyl (C=O) groups excluding carboxylic acids is 1. The number of hydrogen-bond acceptors (Lipinski definition) is 8. The molecule has 0 saturated carbocycles. The Labute approximate surface area is 232 Å². The van der Waals surface area contributed by atoms with Crippen LogP contribution in [0.1, 0.15) is 82.1 Å². The zero-order chi connectivity index (χ0) is 28.9. The van der Waals surface area contributed by atoms with Gasteiger partial charge in [0.15, 0.2) is 6.29 Å². The molecule has 0 aliphatic heterocycles. The Balaban J connectivity index is -0.000000136. The average Bonchev–Trinajstić information content (AvgIpc) is 2.91. The molecule has 2 unspecified atom stereocenters. The summed E-state index contributed by atoms with van der Waals surface area (Å²) in [6.07, 6.45) is 4.68. The molecule has 2 atom stereocenters. The van der Waals surface area contributed by atoms with Gasteiger partial charge in [0, 0.05) is 31.1 Å². The molecule has 0 spiro atoms. The molecule has 0 aromatic rings. The molecule has 0 aliphatic rings. The lowest BCUT2D eigenvalue weighted by Crippen LogP contribution is -2.27. The van der Waals surface area contributed by atoms with E-state index in [1.165, 1.54) is 6.26 Å². The highest BCUT2D eigenvalue weighted by atomic mass is 33.1. The van der Waals surface area contributed by atoms with E-state index in [1.807, 2.05) is 74.1 Å². The predicted octanol–water partition coefficient (Wildman–Crippen LogP) is 7.75. The van der Waals surface area contributed by atoms with Crippen molar-refractivity contribution in [3.63, 3.8) is 0 Å². The molecule has 0 bridgehead atoms. The van der Waals surface area contributed by atoms with Gasteiger partial charge in [0.25, 0.3) is 0 Å². The summed E-state index contributed by atoms with van der Waals surface area (Å²) in [7, 11) is 4.97. The maximum absolute atomic E-state index is 11.7. The first-order valence-corrected chi connectivity index (χ1v) is 16.6. The van der Waals surface area contributed by atoms with Crippen molar-refractivity contribution in [3.05, 3.63) is 25.2 Å². The number of nitrogens with one attached hydrogen (secondary N) is 1. The number of nitrogens with two attached hydrogens (primary N) is 1. The predicted molar refractivity (Wildman–Crippen MR) is 167 cm³/mol. The molecule has 35 heavy (non-hydrogen) atoms. The van der Waals surface area contributed by atoms with Crippen molar-refractivity contribution in [2.45, 2.75) is 94.4 Å². The normalized spacial score (nSPS) is 10.1. The molecule has 9 heteroatoms. The van der Waals surface area contributed by atoms with E-state index < -0.39 is 0 Å². The number of thioether (sulfide) groups is 1. The van der Waals surface area contributed by atoms with Crippen LogP contribution in [-0.4, -0.2) is 62.0 Å². The molecule has 0 aromatic carbocycles. The van der Waals surface area contributed by atoms with E-state index in [4.69, 9.17) is 15.2 Å². The van der Waals surface area contributed by atoms with Gasteiger partial charge in [-0.1, -0.05) is 90.1 Å². The van der Waals surface area contributed by atoms with Crippen LogP contribution in [-0.2, 0) is 19.0 Å². The second-order valence-electron chi connectivity index (χ2n) is 5.26. The third kappa shape index (κ3) is 55.4. The Bertz CT molecular complexity index is 392. The summed E-state index contributed by atoms with van der Waals surface area (Å²) in [6.45, 7) is 27.8. The first-order chi connectivity index (χ1) is 16.9. The van der Waals surface area contributed by atoms with E-state index >= 15 is 0 Å². The van der Waals surface area contributed by atoms with E-state index in [0.29, 0.717) is 18.7 Å². The molecule has 0 radical (unpaired) electrons. The number of ether oxygens (including phenoxy) is 3. The van der Waals surface area contributed by atoms with Crippen LogP contribution in [0.2, 0.25) is 0 Å². The van der Waals surface area contributed by atoms with E-state index in [0.717, 1.165) is 30.3 Å². The quantitative estimate of drug-likeness (QED) is 0.0858. The molecule has 1 amide bonds. The molecule has 3 N–H and O–H groups in total. The lowest BCUT2D eigenvalue weighted by molar-refractivity contribution is -0.121. The zero-order valence-corrected chi connectivity index (χ0v) is 27.5. The van der Waals surface area contributed by atoms with Crippen LogP contribution in [0.5, 0.6) is 0 Å². The van der Waals surface area contributed by atoms with Crippen molar-refractivity contribution >= 4 is 39.3 Å². The van der Waals surface area contributed by atoms with Gasteiger partial charge in [-0.2, -0.15) is 11.8 Å². The minimum absolute atomic E-state index is 0.00500. The molecular formula is C26H60N2O4S3. The average molecular weight is 561 g/mol. The Morgan fingerprint density at radius 1 is 1.06 bits per heavy atom. The van der Waals surface area contributed by atoms with Crippen molar-refractivity contribution in [1.29, 1.82) is 0 Å². The van der Waals surface area contributed by atoms with Gasteiger partial charge in [-0.15, -0.1) is 0 Å². The Kier molecular flexibility index (Phi) is 68.7. The SMILES string of the molecule is C=C(CNC(=O)CCSSCC(N)CCSC)OC(C)OC.C=COCC.CC.CC.CC.CC. The van der Waals surface area contributed by atoms with Crippen LogP contribution in [0.4, 0.5) is 0 Å². The minimum atomic E-state index is -0.355. The summed E-state index contributed by atoms with van der Waals surface area (Å²) < 4.78 is 14.8. The number of amides is 1. The van der Waals surface area contributed by atoms with Gasteiger partial charge >= 0.3 is 0 Å². The fourth-order valence-electron chi connectivity index (χ4n) is 1.41. The minimum Gasteiger partial charge on any atom is -0.502 e. The van der Waals surface area contributed by atoms with Crippen molar-refractivity contribution in [2.24, 2.45) is 5.73 Å². The van der Waals surface area contributed by atoms with Crippen LogP contribution in [0.25, 0.3) is 0 Å². The Hall–Kier alpha value is -0.480. The fraction of sp³-hybridized carbons (Fsp3) is 0.808. The second kappa shape index (κ2) is 50.4. The van der Waals surface area contributed by atoms with Gasteiger partial charge in [-0.25, -0.2) is 0 Å². The van der Waals surface area contributed by atoms with Crippen LogP contribution in [0.15, 0.2) is 25.2 Å². The Morgan fingerprint density at radius 3 is 2.00 bits per heavy atom. The highest BCUT2D eigenvalue weighted by Gasteiger charge is 2.06. The lowest BCUT2D eigenvalue weighted by atomic mass is 10.3. The van der Waals surface area contributed by atoms with E-state index in [9.17, 15) is 4.79 Å². The standard InChI is InChI=1S/C14H28N2O3S3.C4H8O.4C2H6/c1-11(19-12(2)18-3)9-16-14(17)6-8-21-22-10-13(15)5-7-20-4;1-3-5-4-2;4*1-2/h12-13H,1,5-10,15H2,2-4H3,(H,16,17);3H,1,4H2,2H3;4*1-2H3. The number of rotatable bonds is 16. The molecule has 0 aromatic heterocycles. The third-order valence-corrected chi connectivity index (χ3v) is 6.06. The van der Waals surface area contributed by atoms with Gasteiger partial charge in [0.1, 0.15) is 5.76 Å². The first kappa shape index (κ1) is 47.7. The molecule has 6 nitrogen and oxygen atoms in total. The van der Waals surface area contributed by atoms with Gasteiger partial charge in [-0.3, -0.25) is 4.79 Å². The number of carbonyl (C=O) groups is 1. The highest BCUT2D eigenvalue weighted by Crippen LogP contribution is 2.23. The monoisotopic (exact) mass is 560 g/mol. The van der Waals surface area contributed by atoms with Crippen molar-refractivity contribution < 1.29 is 19.0 Å². The van der Waals surface area contributed by atoms with Crippen LogP contribution >= 0.6 is 33.3 Å². The van der Waals surface area contributed by atoms with Gasteiger partial charge in [0.05, 0.1) is 19.4 Å². The van der Waals surface area contributed by atoms with E-state index in [2.05, 4.69) is 29.5 Å². The third-order valence-electron chi connectivity index (χ3n) is 2.90. The lowest BCUT2D eigenvalue weighted by Gasteiger charge is -2.15. The maximum Gasteiger partial charge on any atom is 0.221 e. The van der Waals surface area contributed by atoms with Crippen LogP contribution in [0, 0.1) is 0 Å². The molecular weight excluding hydrogens is 500 g/mol. The highest BCUT2D eigenvalue weighted by molar-refractivity contribution is 8.76. The molecule has 0 aliphatic carbocycles. The molecule has 0 saturated heterocycles. The topological polar surface area (TPSA) is 82.8 Å². The summed E-state index contributed by atoms with van der Waals surface area (Å²) >= 11 is 1.82. The number of methoxy groups -OCH3 is 1. The fourth-order valence-corrected chi connectivity index (χ4v) is 4.19. The van der Waals surface area contributed by atoms with Crippen molar-refractivity contribution in [2.75, 3.05) is 43.8 Å². The van der Waals surface area contributed by atoms with E-state index in [1.54, 1.807) is 35.6 Å². The van der Waals surface area contributed by atoms with Gasteiger partial charge in [-0.05, 0) is 32.3 Å². The summed E-state index contributed by atoms with van der Waals surface area (Å²) in [5, 5.41) is 2.77. The van der Waals surface area contributed by atoms with Gasteiger partial charge in [0.2, 0.25) is 5.91 Å². The second-order valence-corrected chi connectivity index (χ2v) is 8.87. The first-order valence-electron chi connectivity index (χ1n) is 12.8. The van der Waals surface area contributed by atoms with E-state index in [-0.39, 0.29) is 18.2 Å². The zero-order valence-electron chi connectivity index (χ0n) is 25.0. The summed E-state index contributed by atoms with van der Waals surface area (Å²) in [5.41, 5.74) is 5.97. The van der Waals surface area contributed by atoms with Gasteiger partial charge < -0.3 is 25.3 Å².